The summed E-state index contributed by atoms with van der Waals surface area (Å²) in [7, 11) is 1.89. The number of morpholine rings is 1. The molecule has 1 unspecified atom stereocenters. The summed E-state index contributed by atoms with van der Waals surface area (Å²) in [4.78, 5) is 11.9. The number of aromatic nitrogens is 1. The highest BCUT2D eigenvalue weighted by Gasteiger charge is 2.24. The molecular weight excluding hydrogens is 483 g/mol. The number of piperazine rings is 1. The maximum absolute atomic E-state index is 5.54. The first-order valence-corrected chi connectivity index (χ1v) is 10.5. The molecule has 0 radical (unpaired) electrons. The Morgan fingerprint density at radius 2 is 1.90 bits per heavy atom. The minimum Gasteiger partial charge on any atom is -0.379 e. The summed E-state index contributed by atoms with van der Waals surface area (Å²) in [5.41, 5.74) is 0.998. The summed E-state index contributed by atoms with van der Waals surface area (Å²) >= 11 is 0. The van der Waals surface area contributed by atoms with Crippen LogP contribution in [0.2, 0.25) is 0 Å². The lowest BCUT2D eigenvalue weighted by Crippen LogP contribution is -2.55. The fourth-order valence-corrected chi connectivity index (χ4v) is 4.06. The van der Waals surface area contributed by atoms with Gasteiger partial charge in [-0.25, -0.2) is 0 Å². The molecule has 0 spiro atoms. The van der Waals surface area contributed by atoms with E-state index in [1.165, 1.54) is 6.42 Å². The molecular formula is C20H37IN6O2. The average Bonchev–Trinajstić information content (AvgIpc) is 3.22. The molecule has 0 amide bonds. The van der Waals surface area contributed by atoms with E-state index in [1.807, 2.05) is 13.1 Å². The highest BCUT2D eigenvalue weighted by Crippen LogP contribution is 2.13. The van der Waals surface area contributed by atoms with Crippen LogP contribution in [0.4, 0.5) is 0 Å². The second-order valence-electron chi connectivity index (χ2n) is 8.11. The van der Waals surface area contributed by atoms with Crippen LogP contribution in [0, 0.1) is 5.92 Å². The molecule has 2 aliphatic heterocycles. The van der Waals surface area contributed by atoms with Crippen molar-refractivity contribution in [2.24, 2.45) is 10.9 Å². The zero-order valence-corrected chi connectivity index (χ0v) is 20.4. The molecule has 0 bridgehead atoms. The van der Waals surface area contributed by atoms with Crippen molar-refractivity contribution < 1.29 is 9.26 Å². The van der Waals surface area contributed by atoms with Gasteiger partial charge in [-0.3, -0.25) is 14.8 Å². The van der Waals surface area contributed by atoms with Gasteiger partial charge >= 0.3 is 0 Å². The molecule has 2 aliphatic rings. The summed E-state index contributed by atoms with van der Waals surface area (Å²) in [6.45, 7) is 14.1. The van der Waals surface area contributed by atoms with Gasteiger partial charge in [-0.15, -0.1) is 24.0 Å². The van der Waals surface area contributed by atoms with Crippen molar-refractivity contribution in [3.8, 4) is 0 Å². The molecule has 1 aromatic heterocycles. The molecule has 9 heteroatoms. The molecule has 2 fully saturated rings. The monoisotopic (exact) mass is 520 g/mol. The Morgan fingerprint density at radius 1 is 1.17 bits per heavy atom. The highest BCUT2D eigenvalue weighted by atomic mass is 127. The minimum absolute atomic E-state index is 0. The quantitative estimate of drug-likeness (QED) is 0.334. The van der Waals surface area contributed by atoms with E-state index in [-0.39, 0.29) is 24.0 Å². The van der Waals surface area contributed by atoms with Crippen LogP contribution in [0.1, 0.15) is 26.0 Å². The Kier molecular flexibility index (Phi) is 10.7. The summed E-state index contributed by atoms with van der Waals surface area (Å²) < 4.78 is 10.5. The zero-order valence-electron chi connectivity index (χ0n) is 18.0. The fraction of sp³-hybridized carbons (Fsp3) is 0.800. The molecule has 1 N–H and O–H groups in total. The number of hydrogen-bond acceptors (Lipinski definition) is 6. The molecule has 1 aromatic rings. The smallest absolute Gasteiger partial charge is 0.193 e. The molecule has 0 aliphatic carbocycles. The average molecular weight is 520 g/mol. The van der Waals surface area contributed by atoms with Crippen molar-refractivity contribution in [3.05, 3.63) is 18.0 Å². The van der Waals surface area contributed by atoms with E-state index < -0.39 is 0 Å². The predicted molar refractivity (Wildman–Crippen MR) is 126 cm³/mol. The fourth-order valence-electron chi connectivity index (χ4n) is 4.06. The molecule has 8 nitrogen and oxygen atoms in total. The lowest BCUT2D eigenvalue weighted by atomic mass is 10.0. The third kappa shape index (κ3) is 7.69. The Hall–Kier alpha value is -0.910. The van der Waals surface area contributed by atoms with Crippen LogP contribution < -0.4 is 5.32 Å². The van der Waals surface area contributed by atoms with Crippen molar-refractivity contribution in [3.63, 3.8) is 0 Å². The number of rotatable bonds is 7. The van der Waals surface area contributed by atoms with Crippen LogP contribution in [-0.2, 0) is 11.3 Å². The lowest BCUT2D eigenvalue weighted by molar-refractivity contribution is 0.0131. The van der Waals surface area contributed by atoms with Crippen molar-refractivity contribution in [2.45, 2.75) is 32.9 Å². The van der Waals surface area contributed by atoms with Gasteiger partial charge in [0.2, 0.25) is 0 Å². The van der Waals surface area contributed by atoms with Crippen LogP contribution in [-0.4, -0.2) is 97.9 Å². The van der Waals surface area contributed by atoms with Gasteiger partial charge in [-0.05, 0) is 12.3 Å². The normalized spacial score (nSPS) is 20.6. The summed E-state index contributed by atoms with van der Waals surface area (Å²) in [5, 5.41) is 7.67. The molecule has 3 heterocycles. The summed E-state index contributed by atoms with van der Waals surface area (Å²) in [6, 6.07) is 2.46. The Balaban J connectivity index is 0.00000300. The highest BCUT2D eigenvalue weighted by molar-refractivity contribution is 14.0. The van der Waals surface area contributed by atoms with E-state index in [0.29, 0.717) is 12.0 Å². The molecule has 29 heavy (non-hydrogen) atoms. The largest absolute Gasteiger partial charge is 0.379 e. The predicted octanol–water partition coefficient (Wildman–Crippen LogP) is 1.73. The van der Waals surface area contributed by atoms with Crippen molar-refractivity contribution in [1.82, 2.24) is 25.2 Å². The first kappa shape index (κ1) is 24.4. The van der Waals surface area contributed by atoms with Gasteiger partial charge < -0.3 is 19.5 Å². The van der Waals surface area contributed by atoms with Crippen LogP contribution in [0.15, 0.2) is 21.8 Å². The van der Waals surface area contributed by atoms with Gasteiger partial charge in [-0.2, -0.15) is 0 Å². The minimum atomic E-state index is 0. The number of ether oxygens (including phenoxy) is 1. The molecule has 3 rings (SSSR count). The summed E-state index contributed by atoms with van der Waals surface area (Å²) in [5.74, 6) is 1.69. The number of nitrogens with zero attached hydrogens (tertiary/aromatic N) is 5. The molecule has 2 saturated heterocycles. The second-order valence-corrected chi connectivity index (χ2v) is 8.11. The Morgan fingerprint density at radius 3 is 2.48 bits per heavy atom. The third-order valence-electron chi connectivity index (χ3n) is 5.56. The van der Waals surface area contributed by atoms with Crippen molar-refractivity contribution in [1.29, 1.82) is 0 Å². The van der Waals surface area contributed by atoms with E-state index >= 15 is 0 Å². The van der Waals surface area contributed by atoms with Gasteiger partial charge in [0.15, 0.2) is 5.96 Å². The number of aliphatic imine (C=N–C) groups is 1. The number of nitrogens with one attached hydrogen (secondary N) is 1. The number of hydrogen-bond donors (Lipinski definition) is 1. The SMILES string of the molecule is CN=C(NCC(CC(C)C)N1CCOCC1)N1CCN(Cc2ccon2)CC1.I. The third-order valence-corrected chi connectivity index (χ3v) is 5.56. The van der Waals surface area contributed by atoms with Gasteiger partial charge in [0.25, 0.3) is 0 Å². The van der Waals surface area contributed by atoms with Crippen molar-refractivity contribution >= 4 is 29.9 Å². The van der Waals surface area contributed by atoms with Gasteiger partial charge in [-0.1, -0.05) is 19.0 Å². The molecule has 166 valence electrons. The molecule has 0 saturated carbocycles. The van der Waals surface area contributed by atoms with E-state index in [9.17, 15) is 0 Å². The number of halogens is 1. The van der Waals surface area contributed by atoms with Gasteiger partial charge in [0, 0.05) is 71.5 Å². The van der Waals surface area contributed by atoms with E-state index in [2.05, 4.69) is 44.0 Å². The zero-order chi connectivity index (χ0) is 19.8. The van der Waals surface area contributed by atoms with Crippen LogP contribution >= 0.6 is 24.0 Å². The van der Waals surface area contributed by atoms with Crippen LogP contribution in [0.5, 0.6) is 0 Å². The molecule has 0 aromatic carbocycles. The lowest BCUT2D eigenvalue weighted by Gasteiger charge is -2.38. The van der Waals surface area contributed by atoms with Crippen LogP contribution in [0.3, 0.4) is 0 Å². The second kappa shape index (κ2) is 12.7. The number of guanidine groups is 1. The Bertz CT molecular complexity index is 584. The first-order valence-electron chi connectivity index (χ1n) is 10.5. The van der Waals surface area contributed by atoms with E-state index in [1.54, 1.807) is 6.26 Å². The van der Waals surface area contributed by atoms with Gasteiger partial charge in [0.05, 0.1) is 18.9 Å². The first-order chi connectivity index (χ1) is 13.7. The van der Waals surface area contributed by atoms with Crippen LogP contribution in [0.25, 0.3) is 0 Å². The standard InChI is InChI=1S/C20H36N6O2.HI/c1-17(2)14-19(25-9-12-27-13-10-25)15-22-20(21-3)26-7-5-24(6-8-26)16-18-4-11-28-23-18;/h4,11,17,19H,5-10,12-16H2,1-3H3,(H,21,22);1H. The Labute approximate surface area is 192 Å². The maximum atomic E-state index is 5.54. The van der Waals surface area contributed by atoms with Crippen molar-refractivity contribution in [2.75, 3.05) is 66.1 Å². The molecule has 1 atom stereocenters. The summed E-state index contributed by atoms with van der Waals surface area (Å²) in [6.07, 6.45) is 2.83. The van der Waals surface area contributed by atoms with Gasteiger partial charge in [0.1, 0.15) is 6.26 Å². The topological polar surface area (TPSA) is 69.4 Å². The van der Waals surface area contributed by atoms with E-state index in [4.69, 9.17) is 9.26 Å². The van der Waals surface area contributed by atoms with E-state index in [0.717, 1.165) is 77.2 Å². The maximum Gasteiger partial charge on any atom is 0.193 e.